The normalized spacial score (nSPS) is 18.5. The van der Waals surface area contributed by atoms with Crippen LogP contribution in [0.25, 0.3) is 0 Å². The van der Waals surface area contributed by atoms with Crippen LogP contribution >= 0.6 is 11.3 Å². The van der Waals surface area contributed by atoms with E-state index in [2.05, 4.69) is 23.9 Å². The lowest BCUT2D eigenvalue weighted by Gasteiger charge is -2.34. The number of hydrogen-bond acceptors (Lipinski definition) is 5. The molecule has 0 bridgehead atoms. The van der Waals surface area contributed by atoms with Crippen molar-refractivity contribution in [1.82, 2.24) is 14.1 Å². The smallest absolute Gasteiger partial charge is 0.252 e. The molecule has 1 fully saturated rings. The Morgan fingerprint density at radius 2 is 1.86 bits per heavy atom. The Bertz CT molecular complexity index is 546. The second kappa shape index (κ2) is 7.19. The van der Waals surface area contributed by atoms with Gasteiger partial charge in [0.1, 0.15) is 4.21 Å². The van der Waals surface area contributed by atoms with Gasteiger partial charge in [0.05, 0.1) is 0 Å². The standard InChI is InChI=1S/C14H25N3O2S2/c1-4-13-5-6-14(20-13)21(18,19)17-11-9-16(10-12-17)8-7-15(2)3/h5-6H,4,7-12H2,1-3H3. The lowest BCUT2D eigenvalue weighted by molar-refractivity contribution is 0.175. The molecule has 0 spiro atoms. The van der Waals surface area contributed by atoms with Crippen LogP contribution in [-0.4, -0.2) is 75.9 Å². The molecule has 0 radical (unpaired) electrons. The predicted molar refractivity (Wildman–Crippen MR) is 87.4 cm³/mol. The molecule has 2 heterocycles. The van der Waals surface area contributed by atoms with Gasteiger partial charge in [-0.05, 0) is 32.6 Å². The second-order valence-corrected chi connectivity index (χ2v) is 8.96. The Balaban J connectivity index is 1.94. The van der Waals surface area contributed by atoms with Crippen molar-refractivity contribution in [3.8, 4) is 0 Å². The van der Waals surface area contributed by atoms with Gasteiger partial charge in [-0.25, -0.2) is 8.42 Å². The van der Waals surface area contributed by atoms with Crippen LogP contribution in [-0.2, 0) is 16.4 Å². The number of sulfonamides is 1. The Labute approximate surface area is 132 Å². The Hall–Kier alpha value is -0.470. The molecule has 1 saturated heterocycles. The van der Waals surface area contributed by atoms with E-state index in [1.165, 1.54) is 11.3 Å². The molecular weight excluding hydrogens is 306 g/mol. The summed E-state index contributed by atoms with van der Waals surface area (Å²) >= 11 is 1.40. The van der Waals surface area contributed by atoms with Crippen molar-refractivity contribution in [2.75, 3.05) is 53.4 Å². The number of hydrogen-bond donors (Lipinski definition) is 0. The lowest BCUT2D eigenvalue weighted by Crippen LogP contribution is -2.49. The average molecular weight is 332 g/mol. The zero-order valence-corrected chi connectivity index (χ0v) is 14.7. The van der Waals surface area contributed by atoms with Gasteiger partial charge < -0.3 is 4.90 Å². The minimum absolute atomic E-state index is 0.487. The summed E-state index contributed by atoms with van der Waals surface area (Å²) in [7, 11) is 0.825. The summed E-state index contributed by atoms with van der Waals surface area (Å²) < 4.78 is 27.3. The van der Waals surface area contributed by atoms with E-state index >= 15 is 0 Å². The monoisotopic (exact) mass is 331 g/mol. The highest BCUT2D eigenvalue weighted by Gasteiger charge is 2.29. The molecule has 1 aromatic heterocycles. The van der Waals surface area contributed by atoms with Crippen LogP contribution in [0.1, 0.15) is 11.8 Å². The van der Waals surface area contributed by atoms with Crippen molar-refractivity contribution in [2.24, 2.45) is 0 Å². The van der Waals surface area contributed by atoms with Gasteiger partial charge in [-0.1, -0.05) is 6.92 Å². The Kier molecular flexibility index (Phi) is 5.79. The van der Waals surface area contributed by atoms with E-state index < -0.39 is 10.0 Å². The van der Waals surface area contributed by atoms with Gasteiger partial charge in [-0.2, -0.15) is 4.31 Å². The second-order valence-electron chi connectivity index (χ2n) is 5.62. The maximum Gasteiger partial charge on any atom is 0.252 e. The largest absolute Gasteiger partial charge is 0.308 e. The summed E-state index contributed by atoms with van der Waals surface area (Å²) in [6.45, 7) is 6.88. The predicted octanol–water partition coefficient (Wildman–Crippen LogP) is 1.18. The molecule has 120 valence electrons. The van der Waals surface area contributed by atoms with Crippen LogP contribution in [0.2, 0.25) is 0 Å². The van der Waals surface area contributed by atoms with Gasteiger partial charge in [-0.3, -0.25) is 4.90 Å². The third-order valence-electron chi connectivity index (χ3n) is 3.77. The molecule has 5 nitrogen and oxygen atoms in total. The zero-order chi connectivity index (χ0) is 15.5. The topological polar surface area (TPSA) is 43.9 Å². The quantitative estimate of drug-likeness (QED) is 0.785. The van der Waals surface area contributed by atoms with E-state index in [-0.39, 0.29) is 0 Å². The molecule has 1 aliphatic heterocycles. The van der Waals surface area contributed by atoms with E-state index in [0.29, 0.717) is 17.3 Å². The lowest BCUT2D eigenvalue weighted by atomic mass is 10.3. The molecular formula is C14H25N3O2S2. The highest BCUT2D eigenvalue weighted by Crippen LogP contribution is 2.25. The molecule has 0 aromatic carbocycles. The van der Waals surface area contributed by atoms with E-state index in [4.69, 9.17) is 0 Å². The van der Waals surface area contributed by atoms with Crippen molar-refractivity contribution < 1.29 is 8.42 Å². The van der Waals surface area contributed by atoms with Gasteiger partial charge >= 0.3 is 0 Å². The highest BCUT2D eigenvalue weighted by molar-refractivity contribution is 7.91. The maximum absolute atomic E-state index is 12.6. The number of nitrogens with zero attached hydrogens (tertiary/aromatic N) is 3. The van der Waals surface area contributed by atoms with Crippen molar-refractivity contribution >= 4 is 21.4 Å². The fourth-order valence-electron chi connectivity index (χ4n) is 2.35. The molecule has 21 heavy (non-hydrogen) atoms. The van der Waals surface area contributed by atoms with E-state index in [1.807, 2.05) is 13.0 Å². The molecule has 0 saturated carbocycles. The molecule has 0 amide bonds. The fourth-order valence-corrected chi connectivity index (χ4v) is 5.22. The third kappa shape index (κ3) is 4.26. The maximum atomic E-state index is 12.6. The molecule has 0 aliphatic carbocycles. The summed E-state index contributed by atoms with van der Waals surface area (Å²) in [6.07, 6.45) is 0.887. The molecule has 7 heteroatoms. The molecule has 1 aromatic rings. The Morgan fingerprint density at radius 3 is 2.38 bits per heavy atom. The number of likely N-dealkylation sites (N-methyl/N-ethyl adjacent to an activating group) is 1. The van der Waals surface area contributed by atoms with Gasteiger partial charge in [0.25, 0.3) is 10.0 Å². The van der Waals surface area contributed by atoms with Gasteiger partial charge in [0.2, 0.25) is 0 Å². The summed E-state index contributed by atoms with van der Waals surface area (Å²) in [5, 5.41) is 0. The minimum atomic E-state index is -3.29. The molecule has 0 unspecified atom stereocenters. The first kappa shape index (κ1) is 16.9. The summed E-state index contributed by atoms with van der Waals surface area (Å²) in [6, 6.07) is 3.67. The fraction of sp³-hybridized carbons (Fsp3) is 0.714. The molecule has 0 atom stereocenters. The van der Waals surface area contributed by atoms with Crippen molar-refractivity contribution in [3.63, 3.8) is 0 Å². The van der Waals surface area contributed by atoms with Crippen molar-refractivity contribution in [2.45, 2.75) is 17.6 Å². The molecule has 2 rings (SSSR count). The van der Waals surface area contributed by atoms with Crippen molar-refractivity contribution in [1.29, 1.82) is 0 Å². The summed E-state index contributed by atoms with van der Waals surface area (Å²) in [5.41, 5.74) is 0. The van der Waals surface area contributed by atoms with Crippen LogP contribution in [0.3, 0.4) is 0 Å². The summed E-state index contributed by atoms with van der Waals surface area (Å²) in [4.78, 5) is 5.61. The van der Waals surface area contributed by atoms with Gasteiger partial charge in [0.15, 0.2) is 0 Å². The first-order valence-corrected chi connectivity index (χ1v) is 9.65. The molecule has 1 aliphatic rings. The average Bonchev–Trinajstić information content (AvgIpc) is 2.95. The van der Waals surface area contributed by atoms with Gasteiger partial charge in [-0.15, -0.1) is 11.3 Å². The molecule has 0 N–H and O–H groups in total. The van der Waals surface area contributed by atoms with Gasteiger partial charge in [0, 0.05) is 44.1 Å². The van der Waals surface area contributed by atoms with E-state index in [0.717, 1.165) is 37.5 Å². The van der Waals surface area contributed by atoms with Crippen LogP contribution < -0.4 is 0 Å². The van der Waals surface area contributed by atoms with E-state index in [9.17, 15) is 8.42 Å². The van der Waals surface area contributed by atoms with Crippen LogP contribution in [0.4, 0.5) is 0 Å². The van der Waals surface area contributed by atoms with Crippen LogP contribution in [0, 0.1) is 0 Å². The minimum Gasteiger partial charge on any atom is -0.308 e. The van der Waals surface area contributed by atoms with E-state index in [1.54, 1.807) is 10.4 Å². The first-order valence-electron chi connectivity index (χ1n) is 7.39. The first-order chi connectivity index (χ1) is 9.93. The van der Waals surface area contributed by atoms with Crippen LogP contribution in [0.15, 0.2) is 16.3 Å². The Morgan fingerprint density at radius 1 is 1.19 bits per heavy atom. The summed E-state index contributed by atoms with van der Waals surface area (Å²) in [5.74, 6) is 0. The number of aryl methyl sites for hydroxylation is 1. The highest BCUT2D eigenvalue weighted by atomic mass is 32.2. The third-order valence-corrected chi connectivity index (χ3v) is 7.37. The number of piperazine rings is 1. The van der Waals surface area contributed by atoms with Crippen LogP contribution in [0.5, 0.6) is 0 Å². The zero-order valence-electron chi connectivity index (χ0n) is 13.1. The van der Waals surface area contributed by atoms with Crippen molar-refractivity contribution in [3.05, 3.63) is 17.0 Å². The SMILES string of the molecule is CCc1ccc(S(=O)(=O)N2CCN(CCN(C)C)CC2)s1. The number of thiophene rings is 1. The number of rotatable bonds is 6.